The van der Waals surface area contributed by atoms with E-state index in [-0.39, 0.29) is 34.2 Å². The maximum atomic E-state index is 14.6. The standard InChI is InChI=1S/C69H91N18O50P7/c1-26-14-82(64(97)76-55(26)90)45-8-31(88)37(125-45)19-119-139(106,107)133-35-12-49(86-18-30(5)59(94)80-68(86)101)129-41(35)23-123-144(116,117)137-53-43(131-61(52(53)89)81-7-6-44(70)72-63(81)96)25-124-143(114,115)136-36-13-50(87-54-51(73-69(87)102)60(95)75-62(71)74-54)130-42(36)24-122-142(112,113)135-34-11-48(85-17-29(4)58(93)79-67(85)100)128-40(34)22-121-141(110,111)134-33-10-47(84-16-28(3)57(92)78-66(84)99)127-39(33)21-120-140(108,109)132-32-9-46(126-38(32)20-118-138(103,104)105)83-15-27(2)56(91)77-65(83)98/h6-7,14-18,31-43,45-50,52-53,61,88-89H,8-13,19-25H2,1-5H3,(H,73,102)(H,106,107)(H,108,109)(H,110,111)(H,112,113)(H,114,115)(H,116,117)(H2,70,72,96)(H,76,90,97)(H,77,91,98)(H,78,92,99)(H,79,93,100)(H,80,94,101)(H2,103,104,105)(H3,71,74,75,95)/t31-,32-,33-,34-,35-,36-,37+,38+,39+,40+,41+,42+,43+,45+,46+,47+,48+,49+,50+,52+,53+,61+/m0/s1. The van der Waals surface area contributed by atoms with Gasteiger partial charge in [0.2, 0.25) is 5.95 Å². The van der Waals surface area contributed by atoms with Crippen LogP contribution in [-0.2, 0) is 124 Å². The summed E-state index contributed by atoms with van der Waals surface area (Å²) < 4.78 is 214. The van der Waals surface area contributed by atoms with Gasteiger partial charge in [0.15, 0.2) is 17.4 Å². The summed E-state index contributed by atoms with van der Waals surface area (Å²) in [5, 5.41) is 22.8. The van der Waals surface area contributed by atoms with Crippen molar-refractivity contribution in [1.29, 1.82) is 0 Å². The smallest absolute Gasteiger partial charge is 0.390 e. The fourth-order valence-electron chi connectivity index (χ4n) is 16.2. The Morgan fingerprint density at radius 2 is 0.639 bits per heavy atom. The first-order chi connectivity index (χ1) is 67.3. The van der Waals surface area contributed by atoms with E-state index in [9.17, 15) is 144 Å². The van der Waals surface area contributed by atoms with Crippen LogP contribution in [0.5, 0.6) is 0 Å². The van der Waals surface area contributed by atoms with Crippen LogP contribution >= 0.6 is 54.8 Å². The lowest BCUT2D eigenvalue weighted by atomic mass is 10.1. The summed E-state index contributed by atoms with van der Waals surface area (Å²) in [7, 11) is -39.9. The van der Waals surface area contributed by atoms with E-state index in [1.54, 1.807) is 0 Å². The number of imidazole rings is 1. The molecule has 0 spiro atoms. The third-order valence-electron chi connectivity index (χ3n) is 23.1. The maximum Gasteiger partial charge on any atom is 0.472 e. The Balaban J connectivity index is 0.645. The van der Waals surface area contributed by atoms with Crippen molar-refractivity contribution in [2.24, 2.45) is 0 Å². The number of fused-ring (bicyclic) bond motifs is 1. The van der Waals surface area contributed by atoms with Gasteiger partial charge in [-0.2, -0.15) is 9.97 Å². The second-order valence-electron chi connectivity index (χ2n) is 33.4. The van der Waals surface area contributed by atoms with Gasteiger partial charge in [-0.3, -0.25) is 150 Å². The van der Waals surface area contributed by atoms with E-state index in [1.165, 1.54) is 34.6 Å². The topological polar surface area (TPSA) is 951 Å². The van der Waals surface area contributed by atoms with Crippen molar-refractivity contribution >= 4 is 77.7 Å². The van der Waals surface area contributed by atoms with E-state index in [1.807, 2.05) is 19.9 Å². The molecule has 8 aromatic heterocycles. The van der Waals surface area contributed by atoms with Crippen LogP contribution in [0.2, 0.25) is 0 Å². The van der Waals surface area contributed by atoms with Crippen LogP contribution < -0.4 is 84.7 Å². The quantitative estimate of drug-likeness (QED) is 0.0159. The zero-order valence-electron chi connectivity index (χ0n) is 74.5. The highest BCUT2D eigenvalue weighted by Gasteiger charge is 2.55. The Bertz CT molecular complexity index is 7450. The van der Waals surface area contributed by atoms with E-state index in [0.717, 1.165) is 66.1 Å². The lowest BCUT2D eigenvalue weighted by molar-refractivity contribution is -0.0662. The highest BCUT2D eigenvalue weighted by Crippen LogP contribution is 2.58. The summed E-state index contributed by atoms with van der Waals surface area (Å²) in [6, 6.07) is 1.02. The van der Waals surface area contributed by atoms with Gasteiger partial charge in [-0.25, -0.2) is 70.1 Å². The summed E-state index contributed by atoms with van der Waals surface area (Å²) >= 11 is 0. The molecule has 28 atom stereocenters. The molecule has 7 aliphatic heterocycles. The summed E-state index contributed by atoms with van der Waals surface area (Å²) in [6.45, 7) is -2.14. The van der Waals surface area contributed by atoms with Crippen molar-refractivity contribution < 1.29 is 173 Å². The summed E-state index contributed by atoms with van der Waals surface area (Å²) in [4.78, 5) is 278. The molecular weight excluding hydrogens is 2100 g/mol. The lowest BCUT2D eigenvalue weighted by Gasteiger charge is -2.26. The first kappa shape index (κ1) is 109. The molecule has 0 radical (unpaired) electrons. The molecule has 0 amide bonds. The van der Waals surface area contributed by atoms with Crippen LogP contribution in [0.25, 0.3) is 11.2 Å². The van der Waals surface area contributed by atoms with Crippen LogP contribution in [0.4, 0.5) is 11.8 Å². The Kier molecular flexibility index (Phi) is 32.1. The monoisotopic (exact) mass is 2190 g/mol. The zero-order chi connectivity index (χ0) is 105. The van der Waals surface area contributed by atoms with Crippen LogP contribution in [-0.4, -0.2) is 264 Å². The largest absolute Gasteiger partial charge is 0.472 e. The molecule has 0 aliphatic carbocycles. The average Bonchev–Trinajstić information content (AvgIpc) is 1.60. The van der Waals surface area contributed by atoms with Gasteiger partial charge in [0.25, 0.3) is 33.4 Å². The number of aliphatic hydroxyl groups excluding tert-OH is 2. The maximum absolute atomic E-state index is 14.6. The number of anilines is 2. The van der Waals surface area contributed by atoms with E-state index >= 15 is 0 Å². The van der Waals surface area contributed by atoms with Crippen molar-refractivity contribution in [2.45, 2.75) is 208 Å². The number of hydrogen-bond acceptors (Lipinski definition) is 46. The van der Waals surface area contributed by atoms with Crippen molar-refractivity contribution in [1.82, 2.24) is 76.8 Å². The summed E-state index contributed by atoms with van der Waals surface area (Å²) in [5.41, 5.74) is -2.87. The Morgan fingerprint density at radius 3 is 0.972 bits per heavy atom. The predicted octanol–water partition coefficient (Wildman–Crippen LogP) is -5.41. The second kappa shape index (κ2) is 42.6. The van der Waals surface area contributed by atoms with Crippen molar-refractivity contribution in [3.8, 4) is 0 Å². The Labute approximate surface area is 797 Å². The van der Waals surface area contributed by atoms with E-state index < -0.39 is 364 Å². The van der Waals surface area contributed by atoms with Crippen LogP contribution in [0.15, 0.2) is 106 Å². The van der Waals surface area contributed by atoms with Gasteiger partial charge in [-0.1, -0.05) is 0 Å². The first-order valence-corrected chi connectivity index (χ1v) is 52.8. The average molecular weight is 2190 g/mol. The van der Waals surface area contributed by atoms with Crippen LogP contribution in [0, 0.1) is 34.6 Å². The molecule has 68 nitrogen and oxygen atoms in total. The van der Waals surface area contributed by atoms with Gasteiger partial charge in [0, 0.05) is 104 Å². The van der Waals surface area contributed by atoms with Crippen molar-refractivity contribution in [2.75, 3.05) is 57.7 Å². The summed E-state index contributed by atoms with van der Waals surface area (Å²) in [6.07, 6.45) is -38.4. The van der Waals surface area contributed by atoms with Gasteiger partial charge >= 0.3 is 94.6 Å². The number of aliphatic hydroxyl groups is 2. The van der Waals surface area contributed by atoms with Crippen LogP contribution in [0.3, 0.4) is 0 Å². The molecule has 0 aromatic carbocycles. The third kappa shape index (κ3) is 25.5. The number of aryl methyl sites for hydroxylation is 5. The molecule has 144 heavy (non-hydrogen) atoms. The van der Waals surface area contributed by atoms with Crippen molar-refractivity contribution in [3.63, 3.8) is 0 Å². The number of aromatic amines is 7. The van der Waals surface area contributed by atoms with Gasteiger partial charge in [-0.05, 0) is 40.7 Å². The number of H-pyrrole nitrogens is 7. The molecule has 6 unspecified atom stereocenters. The number of nitrogens with one attached hydrogen (secondary N) is 7. The fraction of sp³-hybridized carbons (Fsp3) is 0.580. The molecule has 0 bridgehead atoms. The highest BCUT2D eigenvalue weighted by atomic mass is 31.2. The molecule has 8 aromatic rings. The number of nitrogens with two attached hydrogens (primary N) is 2. The molecule has 7 saturated heterocycles. The van der Waals surface area contributed by atoms with E-state index in [2.05, 4.69) is 29.4 Å². The number of ether oxygens (including phenoxy) is 7. The number of aromatic nitrogens is 16. The van der Waals surface area contributed by atoms with Gasteiger partial charge < -0.3 is 94.0 Å². The minimum Gasteiger partial charge on any atom is -0.390 e. The third-order valence-corrected chi connectivity index (χ3v) is 29.7. The summed E-state index contributed by atoms with van der Waals surface area (Å²) in [5.74, 6) is -0.986. The normalized spacial score (nSPS) is 29.8. The number of rotatable bonds is 40. The number of phosphoric ester groups is 7. The molecule has 15 heterocycles. The van der Waals surface area contributed by atoms with E-state index in [0.29, 0.717) is 9.13 Å². The SMILES string of the molecule is Cc1cn([C@H]2C[C@H](OP(=O)(O)OC[C@H]3O[C@@H](n4cc(C)c(=O)[nH]c4=O)C[C@@H]3OP(=O)(O)OC[C@H]3O[C@@H](n4cc(C)c(=O)[nH]c4=O)C[C@@H]3OP(=O)(O)OC[C@H]3O[C@@H](n4c(=O)[nH]c5c(=O)[nH]c(N)nc54)C[C@@H]3OP(=O)(O)OC[C@H]3O[C@@H](n4ccc(N)nc4=O)[C@H](O)[C@@H]3OP(=O)(O)OC[C@H]3O[C@@H](n4cc(C)c(=O)[nH]c4=O)C[C@@H]3OP(=O)(O)OC[C@H]3O[C@@H](n4cc(C)c(=O)[nH]c4=O)C[C@@H]3O)[C@@H](COP(=O)(O)O)O2)c(=O)[nH]c1=O. The second-order valence-corrected chi connectivity index (χ2v) is 43.0. The lowest BCUT2D eigenvalue weighted by Crippen LogP contribution is -2.38. The predicted molar refractivity (Wildman–Crippen MR) is 468 cm³/mol. The molecule has 21 N–H and O–H groups in total. The molecular formula is C69H91N18O50P7. The van der Waals surface area contributed by atoms with E-state index in [4.69, 9.17) is 98.9 Å². The molecule has 792 valence electrons. The van der Waals surface area contributed by atoms with Crippen LogP contribution in [0.1, 0.15) is 110 Å². The Hall–Kier alpha value is -9.56. The fourth-order valence-corrected chi connectivity index (χ4v) is 22.3. The minimum atomic E-state index is -5.95. The molecule has 0 saturated carbocycles. The highest BCUT2D eigenvalue weighted by molar-refractivity contribution is 7.49. The molecule has 7 aliphatic rings. The molecule has 75 heteroatoms. The van der Waals surface area contributed by atoms with Gasteiger partial charge in [0.05, 0.1) is 52.4 Å². The van der Waals surface area contributed by atoms with Gasteiger partial charge in [-0.15, -0.1) is 0 Å². The minimum absolute atomic E-state index is 0.0306. The number of nitrogen functional groups attached to an aromatic ring is 2. The number of phosphoric acid groups is 7. The van der Waals surface area contributed by atoms with Crippen molar-refractivity contribution in [3.05, 3.63) is 207 Å². The molecule has 15 rings (SSSR count). The molecule has 7 fully saturated rings. The zero-order valence-corrected chi connectivity index (χ0v) is 80.8. The number of hydrogen-bond donors (Lipinski definition) is 19. The Morgan fingerprint density at radius 1 is 0.347 bits per heavy atom. The number of nitrogens with zero attached hydrogens (tertiary/aromatic N) is 9. The first-order valence-electron chi connectivity index (χ1n) is 42.3. The van der Waals surface area contributed by atoms with Gasteiger partial charge in [0.1, 0.15) is 129 Å².